The molecule has 1 N–H and O–H groups in total. The smallest absolute Gasteiger partial charge is 0.113 e. The van der Waals surface area contributed by atoms with Crippen LogP contribution in [0, 0.1) is 5.92 Å². The first-order chi connectivity index (χ1) is 5.66. The highest BCUT2D eigenvalue weighted by atomic mass is 16.5. The zero-order valence-corrected chi connectivity index (χ0v) is 8.10. The van der Waals surface area contributed by atoms with Crippen LogP contribution in [0.5, 0.6) is 0 Å². The first-order valence-electron chi connectivity index (χ1n) is 5.07. The van der Waals surface area contributed by atoms with E-state index in [1.165, 1.54) is 25.7 Å². The van der Waals surface area contributed by atoms with Gasteiger partial charge in [0.15, 0.2) is 0 Å². The van der Waals surface area contributed by atoms with E-state index in [1.807, 2.05) is 0 Å². The van der Waals surface area contributed by atoms with E-state index < -0.39 is 0 Å². The highest BCUT2D eigenvalue weighted by molar-refractivity contribution is 4.85. The molecule has 0 amide bonds. The summed E-state index contributed by atoms with van der Waals surface area (Å²) < 4.78 is 5.61. The van der Waals surface area contributed by atoms with E-state index >= 15 is 0 Å². The van der Waals surface area contributed by atoms with E-state index in [1.54, 1.807) is 0 Å². The van der Waals surface area contributed by atoms with E-state index in [0.717, 1.165) is 12.5 Å². The van der Waals surface area contributed by atoms with E-state index in [0.29, 0.717) is 6.04 Å². The zero-order valence-electron chi connectivity index (χ0n) is 8.10. The number of hydrogen-bond donors (Lipinski definition) is 1. The van der Waals surface area contributed by atoms with E-state index in [9.17, 15) is 0 Å². The number of ether oxygens (including phenoxy) is 1. The molecular weight excluding hydrogens is 150 g/mol. The molecule has 12 heavy (non-hydrogen) atoms. The molecular formula is C10H19NO. The average molecular weight is 169 g/mol. The lowest BCUT2D eigenvalue weighted by atomic mass is 9.81. The molecule has 0 radical (unpaired) electrons. The third-order valence-corrected chi connectivity index (χ3v) is 3.04. The van der Waals surface area contributed by atoms with Crippen molar-refractivity contribution in [2.45, 2.75) is 51.3 Å². The summed E-state index contributed by atoms with van der Waals surface area (Å²) in [5, 5.41) is 3.51. The average Bonchev–Trinajstić information content (AvgIpc) is 2.21. The number of hydrogen-bond acceptors (Lipinski definition) is 2. The lowest BCUT2D eigenvalue weighted by Crippen LogP contribution is -2.39. The van der Waals surface area contributed by atoms with Crippen LogP contribution in [-0.2, 0) is 4.74 Å². The molecule has 2 heteroatoms. The van der Waals surface area contributed by atoms with Crippen molar-refractivity contribution >= 4 is 0 Å². The van der Waals surface area contributed by atoms with Crippen molar-refractivity contribution in [3.63, 3.8) is 0 Å². The quantitative estimate of drug-likeness (QED) is 0.681. The first-order valence-corrected chi connectivity index (χ1v) is 5.07. The van der Waals surface area contributed by atoms with Gasteiger partial charge in [-0.1, -0.05) is 19.3 Å². The van der Waals surface area contributed by atoms with Gasteiger partial charge in [0.25, 0.3) is 0 Å². The van der Waals surface area contributed by atoms with Crippen molar-refractivity contribution < 1.29 is 4.74 Å². The van der Waals surface area contributed by atoms with Crippen LogP contribution in [0.25, 0.3) is 0 Å². The summed E-state index contributed by atoms with van der Waals surface area (Å²) in [5.74, 6) is 0.986. The molecule has 0 aromatic heterocycles. The Bertz CT molecular complexity index is 163. The maximum atomic E-state index is 5.61. The van der Waals surface area contributed by atoms with Gasteiger partial charge in [-0.15, -0.1) is 0 Å². The molecule has 1 aliphatic carbocycles. The van der Waals surface area contributed by atoms with Gasteiger partial charge in [-0.05, 0) is 26.2 Å². The van der Waals surface area contributed by atoms with Gasteiger partial charge >= 0.3 is 0 Å². The second-order valence-electron chi connectivity index (χ2n) is 4.70. The summed E-state index contributed by atoms with van der Waals surface area (Å²) in [6, 6.07) is 0.616. The van der Waals surface area contributed by atoms with Gasteiger partial charge in [0.1, 0.15) is 5.72 Å². The Balaban J connectivity index is 1.75. The standard InChI is InChI=1S/C10H19NO/c1-10(2)11-9(7-12-10)6-8-4-3-5-8/h8-9,11H,3-7H2,1-2H3. The predicted molar refractivity (Wildman–Crippen MR) is 48.9 cm³/mol. The maximum absolute atomic E-state index is 5.61. The molecule has 2 fully saturated rings. The van der Waals surface area contributed by atoms with Gasteiger partial charge in [-0.2, -0.15) is 0 Å². The maximum Gasteiger partial charge on any atom is 0.113 e. The number of rotatable bonds is 2. The van der Waals surface area contributed by atoms with Crippen molar-refractivity contribution in [1.29, 1.82) is 0 Å². The van der Waals surface area contributed by atoms with Crippen LogP contribution in [0.3, 0.4) is 0 Å². The molecule has 0 spiro atoms. The fourth-order valence-electron chi connectivity index (χ4n) is 2.14. The monoisotopic (exact) mass is 169 g/mol. The lowest BCUT2D eigenvalue weighted by molar-refractivity contribution is 0.0230. The van der Waals surface area contributed by atoms with Gasteiger partial charge in [0.2, 0.25) is 0 Å². The lowest BCUT2D eigenvalue weighted by Gasteiger charge is -2.28. The van der Waals surface area contributed by atoms with Crippen LogP contribution in [0.1, 0.15) is 39.5 Å². The van der Waals surface area contributed by atoms with Crippen LogP contribution in [0.15, 0.2) is 0 Å². The van der Waals surface area contributed by atoms with Gasteiger partial charge in [0.05, 0.1) is 6.61 Å². The van der Waals surface area contributed by atoms with E-state index in [-0.39, 0.29) is 5.72 Å². The summed E-state index contributed by atoms with van der Waals surface area (Å²) in [7, 11) is 0. The van der Waals surface area contributed by atoms with E-state index in [4.69, 9.17) is 4.74 Å². The molecule has 1 aliphatic heterocycles. The summed E-state index contributed by atoms with van der Waals surface area (Å²) in [5.41, 5.74) is -0.0750. The highest BCUT2D eigenvalue weighted by Crippen LogP contribution is 2.32. The molecule has 1 saturated carbocycles. The Morgan fingerprint density at radius 1 is 1.42 bits per heavy atom. The molecule has 2 rings (SSSR count). The summed E-state index contributed by atoms with van der Waals surface area (Å²) in [6.45, 7) is 5.12. The second kappa shape index (κ2) is 3.00. The fourth-order valence-corrected chi connectivity index (χ4v) is 2.14. The highest BCUT2D eigenvalue weighted by Gasteiger charge is 2.33. The van der Waals surface area contributed by atoms with Crippen LogP contribution in [0.4, 0.5) is 0 Å². The molecule has 2 aliphatic rings. The topological polar surface area (TPSA) is 21.3 Å². The molecule has 70 valence electrons. The summed E-state index contributed by atoms with van der Waals surface area (Å²) in [4.78, 5) is 0. The summed E-state index contributed by atoms with van der Waals surface area (Å²) >= 11 is 0. The third kappa shape index (κ3) is 1.80. The molecule has 1 atom stereocenters. The first kappa shape index (κ1) is 8.52. The Hall–Kier alpha value is -0.0800. The Morgan fingerprint density at radius 2 is 2.17 bits per heavy atom. The summed E-state index contributed by atoms with van der Waals surface area (Å²) in [6.07, 6.45) is 5.66. The Labute approximate surface area is 74.7 Å². The van der Waals surface area contributed by atoms with Crippen molar-refractivity contribution in [1.82, 2.24) is 5.32 Å². The van der Waals surface area contributed by atoms with Crippen LogP contribution >= 0.6 is 0 Å². The minimum atomic E-state index is -0.0750. The van der Waals surface area contributed by atoms with Crippen molar-refractivity contribution in [2.24, 2.45) is 5.92 Å². The molecule has 0 aromatic rings. The molecule has 2 nitrogen and oxygen atoms in total. The van der Waals surface area contributed by atoms with Crippen LogP contribution in [0.2, 0.25) is 0 Å². The molecule has 0 bridgehead atoms. The number of nitrogens with one attached hydrogen (secondary N) is 1. The molecule has 1 heterocycles. The third-order valence-electron chi connectivity index (χ3n) is 3.04. The Morgan fingerprint density at radius 3 is 2.58 bits per heavy atom. The molecule has 1 unspecified atom stereocenters. The largest absolute Gasteiger partial charge is 0.360 e. The van der Waals surface area contributed by atoms with Gasteiger partial charge in [-0.25, -0.2) is 0 Å². The second-order valence-corrected chi connectivity index (χ2v) is 4.70. The van der Waals surface area contributed by atoms with Crippen molar-refractivity contribution in [3.8, 4) is 0 Å². The normalized spacial score (nSPS) is 35.0. The van der Waals surface area contributed by atoms with Gasteiger partial charge < -0.3 is 4.74 Å². The predicted octanol–water partition coefficient (Wildman–Crippen LogP) is 1.90. The Kier molecular flexibility index (Phi) is 2.13. The minimum absolute atomic E-state index is 0.0750. The van der Waals surface area contributed by atoms with Crippen molar-refractivity contribution in [2.75, 3.05) is 6.61 Å². The van der Waals surface area contributed by atoms with Crippen molar-refractivity contribution in [3.05, 3.63) is 0 Å². The van der Waals surface area contributed by atoms with Crippen LogP contribution in [-0.4, -0.2) is 18.4 Å². The SMILES string of the molecule is CC1(C)NC(CC2CCC2)CO1. The minimum Gasteiger partial charge on any atom is -0.360 e. The van der Waals surface area contributed by atoms with Gasteiger partial charge in [-0.3, -0.25) is 5.32 Å². The fraction of sp³-hybridized carbons (Fsp3) is 1.00. The van der Waals surface area contributed by atoms with E-state index in [2.05, 4.69) is 19.2 Å². The molecule has 0 aromatic carbocycles. The van der Waals surface area contributed by atoms with Gasteiger partial charge in [0, 0.05) is 6.04 Å². The zero-order chi connectivity index (χ0) is 8.60. The molecule has 1 saturated heterocycles. The van der Waals surface area contributed by atoms with Crippen LogP contribution < -0.4 is 5.32 Å².